The molecule has 0 aliphatic heterocycles. The van der Waals surface area contributed by atoms with Crippen LogP contribution in [0.4, 0.5) is 0 Å². The molecule has 0 heterocycles. The number of ketones is 2. The third kappa shape index (κ3) is 1.96. The highest BCUT2D eigenvalue weighted by atomic mass is 16.5. The van der Waals surface area contributed by atoms with Crippen molar-refractivity contribution in [1.82, 2.24) is 0 Å². The first-order chi connectivity index (χ1) is 10.7. The highest BCUT2D eigenvalue weighted by Gasteiger charge is 2.30. The third-order valence-corrected chi connectivity index (χ3v) is 3.29. The summed E-state index contributed by atoms with van der Waals surface area (Å²) in [6, 6.07) is 8.47. The molecule has 0 saturated heterocycles. The zero-order chi connectivity index (χ0) is 15.7. The van der Waals surface area contributed by atoms with Crippen molar-refractivity contribution >= 4 is 11.6 Å². The SMILES string of the molecule is N#COc1ccc2c(c1)C(=O)c1ccc(OC#N)cc1C2=O. The predicted molar refractivity (Wildman–Crippen MR) is 72.2 cm³/mol. The summed E-state index contributed by atoms with van der Waals surface area (Å²) in [5.74, 6) is -0.321. The molecule has 6 heteroatoms. The molecule has 3 rings (SSSR count). The topological polar surface area (TPSA) is 100 Å². The van der Waals surface area contributed by atoms with E-state index in [9.17, 15) is 9.59 Å². The first-order valence-corrected chi connectivity index (χ1v) is 6.15. The zero-order valence-corrected chi connectivity index (χ0v) is 11.0. The van der Waals surface area contributed by atoms with Gasteiger partial charge in [-0.1, -0.05) is 0 Å². The van der Waals surface area contributed by atoms with Crippen molar-refractivity contribution < 1.29 is 19.1 Å². The number of nitriles is 2. The van der Waals surface area contributed by atoms with Gasteiger partial charge in [0.05, 0.1) is 0 Å². The van der Waals surface area contributed by atoms with E-state index in [0.29, 0.717) is 0 Å². The molecule has 1 aliphatic carbocycles. The van der Waals surface area contributed by atoms with E-state index in [-0.39, 0.29) is 45.3 Å². The van der Waals surface area contributed by atoms with Gasteiger partial charge in [-0.05, 0) is 36.4 Å². The maximum Gasteiger partial charge on any atom is 0.292 e. The predicted octanol–water partition coefficient (Wildman–Crippen LogP) is 2.18. The summed E-state index contributed by atoms with van der Waals surface area (Å²) >= 11 is 0. The average Bonchev–Trinajstić information content (AvgIpc) is 2.53. The van der Waals surface area contributed by atoms with Crippen LogP contribution in [0.1, 0.15) is 31.8 Å². The first kappa shape index (κ1) is 13.3. The van der Waals surface area contributed by atoms with Gasteiger partial charge in [0, 0.05) is 22.3 Å². The van der Waals surface area contributed by atoms with Gasteiger partial charge in [0.1, 0.15) is 11.5 Å². The number of carbonyl (C=O) groups is 2. The van der Waals surface area contributed by atoms with Crippen molar-refractivity contribution in [2.24, 2.45) is 0 Å². The van der Waals surface area contributed by atoms with Crippen LogP contribution in [0.2, 0.25) is 0 Å². The summed E-state index contributed by atoms with van der Waals surface area (Å²) in [5, 5.41) is 17.0. The quantitative estimate of drug-likeness (QED) is 0.670. The van der Waals surface area contributed by atoms with E-state index >= 15 is 0 Å². The second-order valence-corrected chi connectivity index (χ2v) is 4.46. The van der Waals surface area contributed by atoms with Crippen molar-refractivity contribution in [3.8, 4) is 24.0 Å². The zero-order valence-electron chi connectivity index (χ0n) is 11.0. The molecule has 0 spiro atoms. The van der Waals surface area contributed by atoms with E-state index < -0.39 is 0 Å². The Morgan fingerprint density at radius 3 is 1.45 bits per heavy atom. The standard InChI is InChI=1S/C16H6N2O4/c17-7-21-9-1-3-11-13(5-9)16(20)12-4-2-10(22-8-18)6-14(12)15(11)19/h1-6H. The maximum absolute atomic E-state index is 12.5. The highest BCUT2D eigenvalue weighted by Crippen LogP contribution is 2.31. The summed E-state index contributed by atoms with van der Waals surface area (Å²) in [7, 11) is 0. The number of carbonyl (C=O) groups excluding carboxylic acids is 2. The summed E-state index contributed by atoms with van der Waals surface area (Å²) in [5.41, 5.74) is 0.798. The number of fused-ring (bicyclic) bond motifs is 2. The molecular weight excluding hydrogens is 284 g/mol. The molecule has 0 unspecified atom stereocenters. The molecule has 0 aromatic heterocycles. The van der Waals surface area contributed by atoms with Crippen molar-refractivity contribution in [2.45, 2.75) is 0 Å². The lowest BCUT2D eigenvalue weighted by molar-refractivity contribution is 0.0978. The van der Waals surface area contributed by atoms with Crippen molar-refractivity contribution in [3.05, 3.63) is 58.7 Å². The van der Waals surface area contributed by atoms with Crippen LogP contribution in [0.15, 0.2) is 36.4 Å². The number of rotatable bonds is 2. The Labute approximate surface area is 124 Å². The van der Waals surface area contributed by atoms with Crippen LogP contribution in [-0.2, 0) is 0 Å². The summed E-state index contributed by atoms with van der Waals surface area (Å²) < 4.78 is 9.36. The van der Waals surface area contributed by atoms with Crippen LogP contribution in [0.3, 0.4) is 0 Å². The molecule has 6 nitrogen and oxygen atoms in total. The van der Waals surface area contributed by atoms with E-state index in [0.717, 1.165) is 0 Å². The lowest BCUT2D eigenvalue weighted by atomic mass is 9.84. The molecule has 0 fully saturated rings. The number of nitrogens with zero attached hydrogens (tertiary/aromatic N) is 2. The Kier molecular flexibility index (Phi) is 3.06. The number of ether oxygens (including phenoxy) is 2. The number of benzene rings is 2. The second-order valence-electron chi connectivity index (χ2n) is 4.46. The molecule has 0 bridgehead atoms. The fraction of sp³-hybridized carbons (Fsp3) is 0. The van der Waals surface area contributed by atoms with Crippen LogP contribution in [0.25, 0.3) is 0 Å². The van der Waals surface area contributed by atoms with Crippen LogP contribution in [-0.4, -0.2) is 11.6 Å². The fourth-order valence-corrected chi connectivity index (χ4v) is 2.34. The van der Waals surface area contributed by atoms with Gasteiger partial charge in [0.15, 0.2) is 11.6 Å². The minimum absolute atomic E-state index is 0.180. The van der Waals surface area contributed by atoms with E-state index in [1.54, 1.807) is 0 Å². The summed E-state index contributed by atoms with van der Waals surface area (Å²) in [4.78, 5) is 25.0. The van der Waals surface area contributed by atoms with Gasteiger partial charge >= 0.3 is 0 Å². The van der Waals surface area contributed by atoms with Crippen LogP contribution >= 0.6 is 0 Å². The van der Waals surface area contributed by atoms with Crippen LogP contribution in [0.5, 0.6) is 11.5 Å². The lowest BCUT2D eigenvalue weighted by Gasteiger charge is -2.17. The molecule has 0 amide bonds. The van der Waals surface area contributed by atoms with Crippen LogP contribution in [0, 0.1) is 23.0 Å². The summed E-state index contributed by atoms with van der Waals surface area (Å²) in [6.07, 6.45) is 3.03. The second kappa shape index (κ2) is 5.04. The van der Waals surface area contributed by atoms with Gasteiger partial charge in [0.25, 0.3) is 12.5 Å². The Bertz CT molecular complexity index is 828. The van der Waals surface area contributed by atoms with E-state index in [1.165, 1.54) is 48.9 Å². The Morgan fingerprint density at radius 1 is 0.682 bits per heavy atom. The smallest absolute Gasteiger partial charge is 0.292 e. The van der Waals surface area contributed by atoms with Gasteiger partial charge in [0.2, 0.25) is 0 Å². The molecule has 2 aromatic carbocycles. The monoisotopic (exact) mass is 290 g/mol. The van der Waals surface area contributed by atoms with Crippen LogP contribution < -0.4 is 9.47 Å². The van der Waals surface area contributed by atoms with Gasteiger partial charge in [-0.2, -0.15) is 0 Å². The van der Waals surface area contributed by atoms with Crippen molar-refractivity contribution in [2.75, 3.05) is 0 Å². The van der Waals surface area contributed by atoms with Gasteiger partial charge in [-0.15, -0.1) is 10.5 Å². The van der Waals surface area contributed by atoms with Gasteiger partial charge in [-0.25, -0.2) is 0 Å². The van der Waals surface area contributed by atoms with E-state index in [2.05, 4.69) is 9.47 Å². The van der Waals surface area contributed by atoms with E-state index in [4.69, 9.17) is 10.5 Å². The molecule has 0 saturated carbocycles. The third-order valence-electron chi connectivity index (χ3n) is 3.29. The van der Waals surface area contributed by atoms with Gasteiger partial charge in [-0.3, -0.25) is 9.59 Å². The first-order valence-electron chi connectivity index (χ1n) is 6.15. The molecule has 0 atom stereocenters. The summed E-state index contributed by atoms with van der Waals surface area (Å²) in [6.45, 7) is 0. The van der Waals surface area contributed by atoms with Crippen molar-refractivity contribution in [1.29, 1.82) is 10.5 Å². The highest BCUT2D eigenvalue weighted by molar-refractivity contribution is 6.28. The minimum atomic E-state index is -0.350. The Balaban J connectivity index is 2.15. The number of hydrogen-bond acceptors (Lipinski definition) is 6. The van der Waals surface area contributed by atoms with Crippen molar-refractivity contribution in [3.63, 3.8) is 0 Å². The molecule has 104 valence electrons. The molecule has 2 aromatic rings. The molecule has 22 heavy (non-hydrogen) atoms. The molecular formula is C16H6N2O4. The minimum Gasteiger partial charge on any atom is -0.388 e. The Hall–Kier alpha value is -3.64. The normalized spacial score (nSPS) is 11.7. The van der Waals surface area contributed by atoms with Gasteiger partial charge < -0.3 is 9.47 Å². The fourth-order valence-electron chi connectivity index (χ4n) is 2.34. The molecule has 1 aliphatic rings. The molecule has 0 N–H and O–H groups in total. The number of hydrogen-bond donors (Lipinski definition) is 0. The van der Waals surface area contributed by atoms with E-state index in [1.807, 2.05) is 0 Å². The lowest BCUT2D eigenvalue weighted by Crippen LogP contribution is -2.20. The maximum atomic E-state index is 12.5. The largest absolute Gasteiger partial charge is 0.388 e. The Morgan fingerprint density at radius 2 is 1.09 bits per heavy atom. The average molecular weight is 290 g/mol. The molecule has 0 radical (unpaired) electrons.